The maximum Gasteiger partial charge on any atom is 0.190 e. The molecular weight excluding hydrogens is 572 g/mol. The zero-order valence-corrected chi connectivity index (χ0v) is 28.6. The third kappa shape index (κ3) is 11.5. The van der Waals surface area contributed by atoms with Gasteiger partial charge in [-0.3, -0.25) is 0 Å². The fourth-order valence-electron chi connectivity index (χ4n) is 5.74. The highest BCUT2D eigenvalue weighted by Gasteiger charge is 2.45. The van der Waals surface area contributed by atoms with Crippen molar-refractivity contribution in [3.63, 3.8) is 0 Å². The van der Waals surface area contributed by atoms with Gasteiger partial charge in [0, 0.05) is 30.2 Å². The van der Waals surface area contributed by atoms with Crippen molar-refractivity contribution in [2.75, 3.05) is 5.12 Å². The molecule has 4 rings (SSSR count). The largest absolute Gasteiger partial charge is 0.550 e. The van der Waals surface area contributed by atoms with Crippen LogP contribution in [0.2, 0.25) is 0 Å². The maximum atomic E-state index is 10.1. The molecule has 1 heterocycles. The number of hydrogen-bond acceptors (Lipinski definition) is 6. The van der Waals surface area contributed by atoms with Gasteiger partial charge in [-0.2, -0.15) is 5.43 Å². The number of anilines is 1. The topological polar surface area (TPSA) is 77.0 Å². The standard InChI is InChI=1S/C27H33N4O.C12H24O2/c1-4-5-12-21-27(2,3)32-26-19-17-25(18-20-26)31(24-15-10-7-11-16-24)29-22-28-30(31)23-13-8-6-9-14-23;1-2-3-4-5-6-7-8-9-10-11-12(13)14/h6-11,13-20,22H,4-5,12,21H2,1-3H3,(H,28,29);2-11H2,1H3,(H,13,14)/q+1;/p-1. The van der Waals surface area contributed by atoms with Gasteiger partial charge in [-0.05, 0) is 68.5 Å². The Morgan fingerprint density at radius 3 is 1.85 bits per heavy atom. The van der Waals surface area contributed by atoms with Gasteiger partial charge in [0.15, 0.2) is 17.7 Å². The Labute approximate surface area is 277 Å². The fourth-order valence-corrected chi connectivity index (χ4v) is 5.74. The van der Waals surface area contributed by atoms with Gasteiger partial charge in [0.05, 0.1) is 0 Å². The summed E-state index contributed by atoms with van der Waals surface area (Å²) in [6, 6.07) is 28.9. The van der Waals surface area contributed by atoms with E-state index in [1.807, 2.05) is 29.4 Å². The molecule has 0 fully saturated rings. The minimum atomic E-state index is -0.909. The van der Waals surface area contributed by atoms with Crippen LogP contribution >= 0.6 is 0 Å². The molecule has 0 saturated carbocycles. The van der Waals surface area contributed by atoms with E-state index in [-0.39, 0.29) is 16.7 Å². The average molecular weight is 629 g/mol. The Hall–Kier alpha value is -3.84. The number of benzene rings is 3. The first-order chi connectivity index (χ1) is 22.3. The number of unbranched alkanes of at least 4 members (excludes halogenated alkanes) is 10. The van der Waals surface area contributed by atoms with Crippen LogP contribution in [-0.4, -0.2) is 17.9 Å². The Balaban J connectivity index is 0.000000349. The Bertz CT molecular complexity index is 1280. The Morgan fingerprint density at radius 2 is 1.26 bits per heavy atom. The van der Waals surface area contributed by atoms with Crippen LogP contribution in [0.25, 0.3) is 0 Å². The highest BCUT2D eigenvalue weighted by atomic mass is 16.5. The summed E-state index contributed by atoms with van der Waals surface area (Å²) in [5, 5.41) is 16.8. The second-order valence-corrected chi connectivity index (χ2v) is 12.7. The number of quaternary nitrogens is 1. The van der Waals surface area contributed by atoms with Gasteiger partial charge in [-0.25, -0.2) is 0 Å². The Kier molecular flexibility index (Phi) is 15.6. The molecule has 1 aliphatic heterocycles. The van der Waals surface area contributed by atoms with Crippen molar-refractivity contribution in [1.29, 1.82) is 0 Å². The molecule has 7 nitrogen and oxygen atoms in total. The average Bonchev–Trinajstić information content (AvgIpc) is 3.51. The summed E-state index contributed by atoms with van der Waals surface area (Å²) in [4.78, 5) is 10.1. The monoisotopic (exact) mass is 628 g/mol. The van der Waals surface area contributed by atoms with Crippen molar-refractivity contribution in [1.82, 2.24) is 10.1 Å². The minimum absolute atomic E-state index is 0.187. The third-order valence-electron chi connectivity index (χ3n) is 8.28. The predicted octanol–water partition coefficient (Wildman–Crippen LogP) is 9.60. The lowest BCUT2D eigenvalue weighted by atomic mass is 10.0. The smallest absolute Gasteiger partial charge is 0.190 e. The zero-order chi connectivity index (χ0) is 33.1. The molecule has 0 radical (unpaired) electrons. The van der Waals surface area contributed by atoms with E-state index in [2.05, 4.69) is 98.9 Å². The summed E-state index contributed by atoms with van der Waals surface area (Å²) < 4.78 is 6.59. The summed E-state index contributed by atoms with van der Waals surface area (Å²) in [6.45, 7) is 8.79. The fraction of sp³-hybridized carbons (Fsp3) is 0.487. The van der Waals surface area contributed by atoms with Crippen LogP contribution in [0.15, 0.2) is 90.0 Å². The van der Waals surface area contributed by atoms with E-state index in [9.17, 15) is 9.90 Å². The SMILES string of the molecule is CCCCCC(C)(C)Oc1ccc([N+]2(c3ccccc3)NC=NN2c2ccccc2)cc1.CCCCCCCCCCCC(=O)[O-]. The minimum Gasteiger partial charge on any atom is -0.550 e. The van der Waals surface area contributed by atoms with Gasteiger partial charge in [-0.1, -0.05) is 120 Å². The number of ether oxygens (including phenoxy) is 1. The number of nitrogens with zero attached hydrogens (tertiary/aromatic N) is 3. The van der Waals surface area contributed by atoms with Crippen molar-refractivity contribution < 1.29 is 14.6 Å². The van der Waals surface area contributed by atoms with E-state index in [4.69, 9.17) is 4.74 Å². The molecule has 7 heteroatoms. The molecule has 0 saturated heterocycles. The van der Waals surface area contributed by atoms with E-state index in [0.717, 1.165) is 42.1 Å². The second kappa shape index (κ2) is 19.6. The summed E-state index contributed by atoms with van der Waals surface area (Å²) in [5.74, 6) is -0.0271. The molecule has 0 aromatic heterocycles. The third-order valence-corrected chi connectivity index (χ3v) is 8.28. The molecule has 46 heavy (non-hydrogen) atoms. The summed E-state index contributed by atoms with van der Waals surface area (Å²) in [6.07, 6.45) is 17.6. The number of hydrogen-bond donors (Lipinski definition) is 1. The summed E-state index contributed by atoms with van der Waals surface area (Å²) in [7, 11) is 0. The Morgan fingerprint density at radius 1 is 0.739 bits per heavy atom. The van der Waals surface area contributed by atoms with Crippen molar-refractivity contribution >= 4 is 29.4 Å². The van der Waals surface area contributed by atoms with Gasteiger partial charge in [-0.15, -0.1) is 5.10 Å². The molecule has 1 unspecified atom stereocenters. The van der Waals surface area contributed by atoms with Crippen LogP contribution in [0.4, 0.5) is 17.1 Å². The van der Waals surface area contributed by atoms with E-state index in [1.54, 1.807) is 6.34 Å². The summed E-state index contributed by atoms with van der Waals surface area (Å²) in [5.41, 5.74) is 6.39. The molecule has 3 aromatic rings. The first-order valence-electron chi connectivity index (χ1n) is 17.4. The second-order valence-electron chi connectivity index (χ2n) is 12.7. The molecule has 0 aliphatic carbocycles. The number of carbonyl (C=O) groups excluding carboxylic acids is 1. The zero-order valence-electron chi connectivity index (χ0n) is 28.6. The van der Waals surface area contributed by atoms with Crippen LogP contribution in [0.1, 0.15) is 118 Å². The molecule has 0 bridgehead atoms. The van der Waals surface area contributed by atoms with E-state index >= 15 is 0 Å². The number of carboxylic acid groups (broad SMARTS) is 1. The number of nitrogens with one attached hydrogen (secondary N) is 1. The highest BCUT2D eigenvalue weighted by Crippen LogP contribution is 2.40. The lowest BCUT2D eigenvalue weighted by Crippen LogP contribution is -2.60. The van der Waals surface area contributed by atoms with Crippen LogP contribution in [0, 0.1) is 0 Å². The normalized spacial score (nSPS) is 15.6. The van der Waals surface area contributed by atoms with E-state index in [1.165, 1.54) is 64.2 Å². The number of rotatable bonds is 19. The van der Waals surface area contributed by atoms with Crippen LogP contribution in [-0.2, 0) is 4.79 Å². The van der Waals surface area contributed by atoms with Crippen molar-refractivity contribution in [3.8, 4) is 5.75 Å². The molecule has 0 spiro atoms. The lowest BCUT2D eigenvalue weighted by Gasteiger charge is -2.36. The summed E-state index contributed by atoms with van der Waals surface area (Å²) >= 11 is 0. The van der Waals surface area contributed by atoms with Crippen molar-refractivity contribution in [2.24, 2.45) is 5.10 Å². The molecule has 250 valence electrons. The van der Waals surface area contributed by atoms with Crippen LogP contribution in [0.5, 0.6) is 5.75 Å². The molecule has 1 N–H and O–H groups in total. The van der Waals surface area contributed by atoms with Crippen LogP contribution in [0.3, 0.4) is 0 Å². The molecule has 3 aromatic carbocycles. The van der Waals surface area contributed by atoms with Gasteiger partial charge in [0.1, 0.15) is 17.0 Å². The van der Waals surface area contributed by atoms with Crippen molar-refractivity contribution in [3.05, 3.63) is 84.9 Å². The van der Waals surface area contributed by atoms with Gasteiger partial charge >= 0.3 is 0 Å². The van der Waals surface area contributed by atoms with E-state index in [0.29, 0.717) is 0 Å². The first-order valence-corrected chi connectivity index (χ1v) is 17.4. The number of carboxylic acids is 1. The quantitative estimate of drug-likeness (QED) is 0.106. The molecule has 1 aliphatic rings. The van der Waals surface area contributed by atoms with Gasteiger partial charge in [0.2, 0.25) is 0 Å². The first kappa shape index (κ1) is 36.6. The molecule has 1 atom stereocenters. The molecule has 0 amide bonds. The number of para-hydroxylation sites is 2. The van der Waals surface area contributed by atoms with Gasteiger partial charge in [0.25, 0.3) is 0 Å². The van der Waals surface area contributed by atoms with E-state index < -0.39 is 5.97 Å². The predicted molar refractivity (Wildman–Crippen MR) is 191 cm³/mol. The number of hydrazone groups is 1. The number of carbonyl (C=O) groups is 1. The maximum absolute atomic E-state index is 10.1. The number of aliphatic carboxylic acids is 1. The van der Waals surface area contributed by atoms with Crippen molar-refractivity contribution in [2.45, 2.75) is 123 Å². The molecular formula is C39H56N4O3. The van der Waals surface area contributed by atoms with Gasteiger partial charge < -0.3 is 14.6 Å². The van der Waals surface area contributed by atoms with Crippen LogP contribution < -0.4 is 25.1 Å². The highest BCUT2D eigenvalue weighted by molar-refractivity contribution is 5.74. The lowest BCUT2D eigenvalue weighted by molar-refractivity contribution is -0.305.